The number of unbranched alkanes of at least 4 members (excludes halogenated alkanes) is 1. The molecule has 1 aliphatic rings. The van der Waals surface area contributed by atoms with Crippen molar-refractivity contribution >= 4 is 39.8 Å². The Morgan fingerprint density at radius 2 is 1.05 bits per heavy atom. The molecule has 40 heavy (non-hydrogen) atoms. The summed E-state index contributed by atoms with van der Waals surface area (Å²) in [6, 6.07) is 29.9. The Morgan fingerprint density at radius 1 is 0.575 bits per heavy atom. The van der Waals surface area contributed by atoms with Crippen molar-refractivity contribution < 1.29 is 0 Å². The van der Waals surface area contributed by atoms with Gasteiger partial charge in [0.05, 0.1) is 34.1 Å². The summed E-state index contributed by atoms with van der Waals surface area (Å²) in [5.74, 6) is 0. The van der Waals surface area contributed by atoms with Crippen LogP contribution in [0, 0.1) is 6.92 Å². The molecule has 202 valence electrons. The van der Waals surface area contributed by atoms with Crippen molar-refractivity contribution in [2.45, 2.75) is 46.0 Å². The zero-order chi connectivity index (χ0) is 27.6. The van der Waals surface area contributed by atoms with E-state index in [2.05, 4.69) is 66.8 Å². The standard InChI is InChI=1S/C33H35N7/c1-3-4-7-26-8-10-27(11-9-26)34-35-28-12-14-29(15-13-28)37-39-33-21-18-31(24-25(33)2)38-36-30-16-19-32(20-17-30)40-22-5-6-23-40/h8-21,24H,3-7,22-23H2,1-2H3. The van der Waals surface area contributed by atoms with Crippen LogP contribution in [0.25, 0.3) is 0 Å². The van der Waals surface area contributed by atoms with Gasteiger partial charge in [0.1, 0.15) is 0 Å². The van der Waals surface area contributed by atoms with Gasteiger partial charge in [0, 0.05) is 18.8 Å². The topological polar surface area (TPSA) is 77.4 Å². The molecule has 0 bridgehead atoms. The van der Waals surface area contributed by atoms with E-state index in [1.165, 1.54) is 36.9 Å². The first kappa shape index (κ1) is 27.1. The van der Waals surface area contributed by atoms with Gasteiger partial charge < -0.3 is 4.90 Å². The highest BCUT2D eigenvalue weighted by Crippen LogP contribution is 2.29. The van der Waals surface area contributed by atoms with Crippen LogP contribution in [-0.2, 0) is 6.42 Å². The molecule has 0 saturated carbocycles. The molecule has 1 aliphatic heterocycles. The lowest BCUT2D eigenvalue weighted by Gasteiger charge is -2.17. The highest BCUT2D eigenvalue weighted by molar-refractivity contribution is 5.56. The lowest BCUT2D eigenvalue weighted by atomic mass is 10.1. The smallest absolute Gasteiger partial charge is 0.0887 e. The molecule has 1 fully saturated rings. The maximum Gasteiger partial charge on any atom is 0.0887 e. The predicted molar refractivity (Wildman–Crippen MR) is 163 cm³/mol. The first-order valence-electron chi connectivity index (χ1n) is 14.1. The third-order valence-corrected chi connectivity index (χ3v) is 6.94. The second-order valence-electron chi connectivity index (χ2n) is 10.1. The number of anilines is 1. The van der Waals surface area contributed by atoms with E-state index < -0.39 is 0 Å². The van der Waals surface area contributed by atoms with Crippen LogP contribution in [0.5, 0.6) is 0 Å². The molecule has 0 spiro atoms. The molecule has 0 aliphatic carbocycles. The summed E-state index contributed by atoms with van der Waals surface area (Å²) >= 11 is 0. The molecule has 0 N–H and O–H groups in total. The Labute approximate surface area is 236 Å². The Morgan fingerprint density at radius 3 is 1.60 bits per heavy atom. The normalized spacial score (nSPS) is 13.8. The molecule has 0 amide bonds. The van der Waals surface area contributed by atoms with E-state index in [-0.39, 0.29) is 0 Å². The van der Waals surface area contributed by atoms with Gasteiger partial charge in [-0.25, -0.2) is 0 Å². The van der Waals surface area contributed by atoms with Crippen molar-refractivity contribution in [2.24, 2.45) is 30.7 Å². The summed E-state index contributed by atoms with van der Waals surface area (Å²) < 4.78 is 0. The van der Waals surface area contributed by atoms with Gasteiger partial charge in [-0.1, -0.05) is 25.5 Å². The van der Waals surface area contributed by atoms with Crippen molar-refractivity contribution in [2.75, 3.05) is 18.0 Å². The van der Waals surface area contributed by atoms with Crippen LogP contribution in [-0.4, -0.2) is 13.1 Å². The quantitative estimate of drug-likeness (QED) is 0.188. The zero-order valence-electron chi connectivity index (χ0n) is 23.2. The van der Waals surface area contributed by atoms with E-state index in [1.54, 1.807) is 0 Å². The van der Waals surface area contributed by atoms with Crippen LogP contribution in [0.3, 0.4) is 0 Å². The fourth-order valence-corrected chi connectivity index (χ4v) is 4.56. The van der Waals surface area contributed by atoms with Crippen LogP contribution < -0.4 is 4.90 Å². The summed E-state index contributed by atoms with van der Waals surface area (Å²) in [5.41, 5.74) is 8.35. The maximum absolute atomic E-state index is 4.43. The summed E-state index contributed by atoms with van der Waals surface area (Å²) in [4.78, 5) is 2.41. The number of hydrogen-bond acceptors (Lipinski definition) is 7. The molecule has 0 radical (unpaired) electrons. The van der Waals surface area contributed by atoms with Crippen molar-refractivity contribution in [1.82, 2.24) is 0 Å². The minimum Gasteiger partial charge on any atom is -0.372 e. The van der Waals surface area contributed by atoms with Gasteiger partial charge in [0.15, 0.2) is 0 Å². The highest BCUT2D eigenvalue weighted by atomic mass is 15.1. The summed E-state index contributed by atoms with van der Waals surface area (Å²) in [7, 11) is 0. The average Bonchev–Trinajstić information content (AvgIpc) is 3.54. The Kier molecular flexibility index (Phi) is 9.14. The molecule has 7 heteroatoms. The van der Waals surface area contributed by atoms with E-state index in [0.29, 0.717) is 0 Å². The van der Waals surface area contributed by atoms with E-state index in [9.17, 15) is 0 Å². The number of benzene rings is 4. The molecule has 0 unspecified atom stereocenters. The lowest BCUT2D eigenvalue weighted by molar-refractivity contribution is 0.795. The average molecular weight is 530 g/mol. The van der Waals surface area contributed by atoms with Crippen molar-refractivity contribution in [1.29, 1.82) is 0 Å². The number of hydrogen-bond donors (Lipinski definition) is 0. The number of rotatable bonds is 10. The highest BCUT2D eigenvalue weighted by Gasteiger charge is 2.11. The van der Waals surface area contributed by atoms with Gasteiger partial charge in [-0.3, -0.25) is 0 Å². The lowest BCUT2D eigenvalue weighted by Crippen LogP contribution is -2.17. The van der Waals surface area contributed by atoms with Crippen molar-refractivity contribution in [3.8, 4) is 0 Å². The van der Waals surface area contributed by atoms with Crippen LogP contribution in [0.4, 0.5) is 39.8 Å². The van der Waals surface area contributed by atoms with Gasteiger partial charge in [-0.15, -0.1) is 0 Å². The summed E-state index contributed by atoms with van der Waals surface area (Å²) in [6.45, 7) is 6.47. The van der Waals surface area contributed by atoms with Crippen LogP contribution in [0.2, 0.25) is 0 Å². The number of aryl methyl sites for hydroxylation is 2. The SMILES string of the molecule is CCCCc1ccc(N=Nc2ccc(N=Nc3ccc(N=Nc4ccc(N5CCCC5)cc4)cc3C)cc2)cc1. The van der Waals surface area contributed by atoms with Crippen LogP contribution in [0.1, 0.15) is 43.7 Å². The molecular formula is C33H35N7. The molecule has 0 atom stereocenters. The Bertz CT molecular complexity index is 1470. The van der Waals surface area contributed by atoms with Crippen LogP contribution in [0.15, 0.2) is 122 Å². The van der Waals surface area contributed by atoms with E-state index in [1.807, 2.05) is 73.7 Å². The van der Waals surface area contributed by atoms with Gasteiger partial charge in [-0.05, 0) is 123 Å². The third kappa shape index (κ3) is 7.53. The van der Waals surface area contributed by atoms with Gasteiger partial charge >= 0.3 is 0 Å². The van der Waals surface area contributed by atoms with E-state index in [4.69, 9.17) is 0 Å². The molecule has 5 rings (SSSR count). The molecule has 4 aromatic carbocycles. The van der Waals surface area contributed by atoms with Gasteiger partial charge in [0.25, 0.3) is 0 Å². The fourth-order valence-electron chi connectivity index (χ4n) is 4.56. The summed E-state index contributed by atoms with van der Waals surface area (Å²) in [6.07, 6.45) is 6.04. The van der Waals surface area contributed by atoms with Gasteiger partial charge in [0.2, 0.25) is 0 Å². The van der Waals surface area contributed by atoms with Crippen molar-refractivity contribution in [3.05, 3.63) is 102 Å². The minimum atomic E-state index is 0.750. The molecule has 0 aromatic heterocycles. The monoisotopic (exact) mass is 529 g/mol. The van der Waals surface area contributed by atoms with E-state index in [0.717, 1.165) is 59.2 Å². The van der Waals surface area contributed by atoms with Gasteiger partial charge in [-0.2, -0.15) is 30.7 Å². The van der Waals surface area contributed by atoms with Crippen LogP contribution >= 0.6 is 0 Å². The second-order valence-corrected chi connectivity index (χ2v) is 10.1. The fraction of sp³-hybridized carbons (Fsp3) is 0.273. The largest absolute Gasteiger partial charge is 0.372 e. The predicted octanol–water partition coefficient (Wildman–Crippen LogP) is 11.2. The first-order valence-corrected chi connectivity index (χ1v) is 14.1. The number of azo groups is 3. The minimum absolute atomic E-state index is 0.750. The van der Waals surface area contributed by atoms with E-state index >= 15 is 0 Å². The number of nitrogens with zero attached hydrogens (tertiary/aromatic N) is 7. The summed E-state index contributed by atoms with van der Waals surface area (Å²) in [5, 5.41) is 26.3. The second kappa shape index (κ2) is 13.5. The zero-order valence-corrected chi connectivity index (χ0v) is 23.2. The maximum atomic E-state index is 4.43. The molecule has 1 heterocycles. The van der Waals surface area contributed by atoms with Crippen molar-refractivity contribution in [3.63, 3.8) is 0 Å². The third-order valence-electron chi connectivity index (χ3n) is 6.94. The Balaban J connectivity index is 1.16. The first-order chi connectivity index (χ1) is 19.7. The Hall–Kier alpha value is -4.52. The molecule has 7 nitrogen and oxygen atoms in total. The molecule has 4 aromatic rings. The molecule has 1 saturated heterocycles. The molecular weight excluding hydrogens is 494 g/mol.